The normalized spacial score (nSPS) is 13.5. The number of nitrogens with one attached hydrogen (secondary N) is 1. The highest BCUT2D eigenvalue weighted by molar-refractivity contribution is 5.36. The summed E-state index contributed by atoms with van der Waals surface area (Å²) in [5.74, 6) is 0. The summed E-state index contributed by atoms with van der Waals surface area (Å²) in [6.07, 6.45) is -2.94. The van der Waals surface area contributed by atoms with Gasteiger partial charge in [0.1, 0.15) is 0 Å². The minimum absolute atomic E-state index is 0.155. The first-order valence-electron chi connectivity index (χ1n) is 5.63. The summed E-state index contributed by atoms with van der Waals surface area (Å²) in [4.78, 5) is 0. The Labute approximate surface area is 108 Å². The Kier molecular flexibility index (Phi) is 3.57. The molecule has 1 unspecified atom stereocenters. The van der Waals surface area contributed by atoms with Crippen LogP contribution in [0.15, 0.2) is 30.5 Å². The molecule has 0 aliphatic carbocycles. The van der Waals surface area contributed by atoms with Crippen LogP contribution in [0.5, 0.6) is 0 Å². The maximum absolute atomic E-state index is 13.0. The van der Waals surface area contributed by atoms with Gasteiger partial charge in [-0.1, -0.05) is 23.4 Å². The summed E-state index contributed by atoms with van der Waals surface area (Å²) >= 11 is 0. The van der Waals surface area contributed by atoms with E-state index in [1.807, 2.05) is 0 Å². The van der Waals surface area contributed by atoms with Crippen LogP contribution in [-0.2, 0) is 13.2 Å². The number of hydrogen-bond acceptors (Lipinski definition) is 3. The zero-order valence-corrected chi connectivity index (χ0v) is 10.4. The molecule has 1 heterocycles. The van der Waals surface area contributed by atoms with Crippen LogP contribution in [0.1, 0.15) is 22.9 Å². The summed E-state index contributed by atoms with van der Waals surface area (Å²) in [7, 11) is 3.24. The highest BCUT2D eigenvalue weighted by Crippen LogP contribution is 2.35. The molecule has 0 amide bonds. The molecule has 19 heavy (non-hydrogen) atoms. The van der Waals surface area contributed by atoms with Crippen molar-refractivity contribution < 1.29 is 13.2 Å². The van der Waals surface area contributed by atoms with E-state index in [0.29, 0.717) is 5.69 Å². The molecule has 0 spiro atoms. The van der Waals surface area contributed by atoms with Crippen molar-refractivity contribution in [3.8, 4) is 0 Å². The molecule has 2 rings (SSSR count). The standard InChI is InChI=1S/C12H13F3N4/c1-16-11(10-7-17-18-19(10)2)8-5-3-4-6-9(8)12(13,14)15/h3-7,11,16H,1-2H3. The second-order valence-corrected chi connectivity index (χ2v) is 4.09. The van der Waals surface area contributed by atoms with E-state index in [1.165, 1.54) is 23.0 Å². The van der Waals surface area contributed by atoms with E-state index in [4.69, 9.17) is 0 Å². The molecule has 2 aromatic rings. The van der Waals surface area contributed by atoms with Crippen molar-refractivity contribution >= 4 is 0 Å². The lowest BCUT2D eigenvalue weighted by molar-refractivity contribution is -0.138. The van der Waals surface area contributed by atoms with Gasteiger partial charge in [0, 0.05) is 7.05 Å². The van der Waals surface area contributed by atoms with E-state index >= 15 is 0 Å². The lowest BCUT2D eigenvalue weighted by atomic mass is 9.98. The van der Waals surface area contributed by atoms with Crippen molar-refractivity contribution in [3.05, 3.63) is 47.3 Å². The number of halogens is 3. The van der Waals surface area contributed by atoms with Gasteiger partial charge in [-0.3, -0.25) is 4.68 Å². The van der Waals surface area contributed by atoms with Gasteiger partial charge in [-0.05, 0) is 18.7 Å². The number of alkyl halides is 3. The smallest absolute Gasteiger partial charge is 0.308 e. The Balaban J connectivity index is 2.54. The Bertz CT molecular complexity index is 562. The highest BCUT2D eigenvalue weighted by Gasteiger charge is 2.35. The maximum Gasteiger partial charge on any atom is 0.416 e. The van der Waals surface area contributed by atoms with Crippen molar-refractivity contribution in [2.45, 2.75) is 12.2 Å². The number of aryl methyl sites for hydroxylation is 1. The van der Waals surface area contributed by atoms with E-state index in [2.05, 4.69) is 15.6 Å². The van der Waals surface area contributed by atoms with Crippen LogP contribution in [0.25, 0.3) is 0 Å². The maximum atomic E-state index is 13.0. The highest BCUT2D eigenvalue weighted by atomic mass is 19.4. The molecule has 1 N–H and O–H groups in total. The molecule has 0 bridgehead atoms. The molecule has 0 radical (unpaired) electrons. The van der Waals surface area contributed by atoms with Crippen LogP contribution >= 0.6 is 0 Å². The Morgan fingerprint density at radius 1 is 1.26 bits per heavy atom. The van der Waals surface area contributed by atoms with Crippen molar-refractivity contribution in [1.82, 2.24) is 20.3 Å². The fraction of sp³-hybridized carbons (Fsp3) is 0.333. The topological polar surface area (TPSA) is 42.7 Å². The van der Waals surface area contributed by atoms with E-state index < -0.39 is 17.8 Å². The average molecular weight is 270 g/mol. The van der Waals surface area contributed by atoms with Crippen LogP contribution in [-0.4, -0.2) is 22.0 Å². The molecule has 0 fully saturated rings. The minimum atomic E-state index is -4.39. The van der Waals surface area contributed by atoms with Crippen LogP contribution in [0, 0.1) is 0 Å². The molecule has 1 atom stereocenters. The predicted octanol–water partition coefficient (Wildman–Crippen LogP) is 2.14. The van der Waals surface area contributed by atoms with Crippen LogP contribution in [0.3, 0.4) is 0 Å². The summed E-state index contributed by atoms with van der Waals surface area (Å²) < 4.78 is 40.5. The Morgan fingerprint density at radius 2 is 1.95 bits per heavy atom. The number of aromatic nitrogens is 3. The first-order valence-corrected chi connectivity index (χ1v) is 5.63. The van der Waals surface area contributed by atoms with E-state index in [9.17, 15) is 13.2 Å². The van der Waals surface area contributed by atoms with Gasteiger partial charge in [0.2, 0.25) is 0 Å². The fourth-order valence-corrected chi connectivity index (χ4v) is 2.03. The van der Waals surface area contributed by atoms with Crippen LogP contribution in [0.4, 0.5) is 13.2 Å². The fourth-order valence-electron chi connectivity index (χ4n) is 2.03. The van der Waals surface area contributed by atoms with E-state index in [1.54, 1.807) is 20.2 Å². The minimum Gasteiger partial charge on any atom is -0.308 e. The molecular formula is C12H13F3N4. The first kappa shape index (κ1) is 13.5. The van der Waals surface area contributed by atoms with Gasteiger partial charge in [0.15, 0.2) is 0 Å². The molecule has 4 nitrogen and oxygen atoms in total. The van der Waals surface area contributed by atoms with Gasteiger partial charge in [-0.25, -0.2) is 0 Å². The second-order valence-electron chi connectivity index (χ2n) is 4.09. The molecule has 0 aliphatic rings. The van der Waals surface area contributed by atoms with Crippen molar-refractivity contribution in [3.63, 3.8) is 0 Å². The number of benzene rings is 1. The molecule has 7 heteroatoms. The molecule has 102 valence electrons. The molecule has 0 saturated carbocycles. The first-order chi connectivity index (χ1) is 8.95. The average Bonchev–Trinajstić information content (AvgIpc) is 2.76. The van der Waals surface area contributed by atoms with Gasteiger partial charge in [0.25, 0.3) is 0 Å². The third kappa shape index (κ3) is 2.60. The van der Waals surface area contributed by atoms with Crippen LogP contribution in [0.2, 0.25) is 0 Å². The van der Waals surface area contributed by atoms with Crippen molar-refractivity contribution in [1.29, 1.82) is 0 Å². The summed E-state index contributed by atoms with van der Waals surface area (Å²) in [5, 5.41) is 10.3. The Morgan fingerprint density at radius 3 is 2.47 bits per heavy atom. The zero-order chi connectivity index (χ0) is 14.0. The number of hydrogen-bond donors (Lipinski definition) is 1. The third-order valence-electron chi connectivity index (χ3n) is 2.91. The van der Waals surface area contributed by atoms with Crippen LogP contribution < -0.4 is 5.32 Å². The van der Waals surface area contributed by atoms with Crippen molar-refractivity contribution in [2.24, 2.45) is 7.05 Å². The Hall–Kier alpha value is -1.89. The quantitative estimate of drug-likeness (QED) is 0.929. The molecular weight excluding hydrogens is 257 g/mol. The van der Waals surface area contributed by atoms with Gasteiger partial charge < -0.3 is 5.32 Å². The molecule has 0 aliphatic heterocycles. The lowest BCUT2D eigenvalue weighted by Crippen LogP contribution is -2.24. The molecule has 0 saturated heterocycles. The summed E-state index contributed by atoms with van der Waals surface area (Å²) in [5.41, 5.74) is 0.0673. The van der Waals surface area contributed by atoms with Gasteiger partial charge in [-0.15, -0.1) is 5.10 Å². The van der Waals surface area contributed by atoms with Gasteiger partial charge in [-0.2, -0.15) is 13.2 Å². The monoisotopic (exact) mass is 270 g/mol. The second kappa shape index (κ2) is 5.00. The van der Waals surface area contributed by atoms with Gasteiger partial charge in [0.05, 0.1) is 23.5 Å². The molecule has 1 aromatic carbocycles. The number of nitrogens with zero attached hydrogens (tertiary/aromatic N) is 3. The van der Waals surface area contributed by atoms with E-state index in [0.717, 1.165) is 6.07 Å². The number of rotatable bonds is 3. The SMILES string of the molecule is CNC(c1ccccc1C(F)(F)F)c1cnnn1C. The van der Waals surface area contributed by atoms with Crippen molar-refractivity contribution in [2.75, 3.05) is 7.05 Å². The largest absolute Gasteiger partial charge is 0.416 e. The zero-order valence-electron chi connectivity index (χ0n) is 10.4. The lowest BCUT2D eigenvalue weighted by Gasteiger charge is -2.21. The third-order valence-corrected chi connectivity index (χ3v) is 2.91. The van der Waals surface area contributed by atoms with Gasteiger partial charge >= 0.3 is 6.18 Å². The summed E-state index contributed by atoms with van der Waals surface area (Å²) in [6, 6.07) is 4.87. The summed E-state index contributed by atoms with van der Waals surface area (Å²) in [6.45, 7) is 0. The van der Waals surface area contributed by atoms with E-state index in [-0.39, 0.29) is 5.56 Å². The molecule has 1 aromatic heterocycles. The predicted molar refractivity (Wildman–Crippen MR) is 63.3 cm³/mol.